The van der Waals surface area contributed by atoms with Crippen molar-refractivity contribution in [2.24, 2.45) is 0 Å². The van der Waals surface area contributed by atoms with Crippen molar-refractivity contribution in [2.75, 3.05) is 6.61 Å². The summed E-state index contributed by atoms with van der Waals surface area (Å²) >= 11 is 0. The van der Waals surface area contributed by atoms with Crippen molar-refractivity contribution in [2.45, 2.75) is 13.5 Å². The van der Waals surface area contributed by atoms with Gasteiger partial charge in [-0.2, -0.15) is 8.78 Å². The van der Waals surface area contributed by atoms with E-state index in [9.17, 15) is 33.3 Å². The Balaban J connectivity index is 1.92. The van der Waals surface area contributed by atoms with Crippen LogP contribution in [0.2, 0.25) is 0 Å². The average molecular weight is 408 g/mol. The summed E-state index contributed by atoms with van der Waals surface area (Å²) in [6.45, 7) is -2.46. The summed E-state index contributed by atoms with van der Waals surface area (Å²) in [6, 6.07) is 8.39. The largest absolute Gasteiger partial charge is 0.452 e. The number of nitrogens with one attached hydrogen (secondary N) is 1. The Morgan fingerprint density at radius 2 is 1.79 bits per heavy atom. The van der Waals surface area contributed by atoms with E-state index in [2.05, 4.69) is 4.74 Å². The SMILES string of the molecule is Cc1c(C(=O)OCC(=O)NC(=O)c2ccc(OC(F)F)cc2)cccc1[N+](=O)[O-]. The molecule has 0 fully saturated rings. The summed E-state index contributed by atoms with van der Waals surface area (Å²) in [5, 5.41) is 12.9. The normalized spacial score (nSPS) is 10.3. The van der Waals surface area contributed by atoms with Gasteiger partial charge in [0.2, 0.25) is 0 Å². The maximum atomic E-state index is 12.1. The standard InChI is InChI=1S/C18H14F2N2O7/c1-10-13(3-2-4-14(10)22(26)27)17(25)28-9-15(23)21-16(24)11-5-7-12(8-6-11)29-18(19)20/h2-8,18H,9H2,1H3,(H,21,23,24). The van der Waals surface area contributed by atoms with E-state index in [1.165, 1.54) is 37.3 Å². The van der Waals surface area contributed by atoms with Gasteiger partial charge in [-0.15, -0.1) is 0 Å². The topological polar surface area (TPSA) is 125 Å². The number of nitro benzene ring substituents is 1. The first kappa shape index (κ1) is 21.4. The molecule has 152 valence electrons. The van der Waals surface area contributed by atoms with E-state index in [1.54, 1.807) is 0 Å². The van der Waals surface area contributed by atoms with Crippen LogP contribution in [0.25, 0.3) is 0 Å². The number of carbonyl (C=O) groups excluding carboxylic acids is 3. The first-order valence-corrected chi connectivity index (χ1v) is 7.99. The number of benzene rings is 2. The Morgan fingerprint density at radius 3 is 2.38 bits per heavy atom. The molecule has 0 saturated carbocycles. The van der Waals surface area contributed by atoms with E-state index in [0.29, 0.717) is 0 Å². The Morgan fingerprint density at radius 1 is 1.14 bits per heavy atom. The molecule has 2 aromatic rings. The predicted molar refractivity (Wildman–Crippen MR) is 93.7 cm³/mol. The van der Waals surface area contributed by atoms with Gasteiger partial charge >= 0.3 is 12.6 Å². The molecule has 0 aromatic heterocycles. The average Bonchev–Trinajstić information content (AvgIpc) is 2.66. The fourth-order valence-corrected chi connectivity index (χ4v) is 2.27. The van der Waals surface area contributed by atoms with E-state index in [-0.39, 0.29) is 28.1 Å². The summed E-state index contributed by atoms with van der Waals surface area (Å²) in [7, 11) is 0. The summed E-state index contributed by atoms with van der Waals surface area (Å²) in [5.41, 5.74) is -0.308. The van der Waals surface area contributed by atoms with E-state index < -0.39 is 35.9 Å². The molecule has 0 radical (unpaired) electrons. The summed E-state index contributed by atoms with van der Waals surface area (Å²) in [6.07, 6.45) is 0. The van der Waals surface area contributed by atoms with Gasteiger partial charge in [-0.1, -0.05) is 6.07 Å². The molecule has 0 atom stereocenters. The van der Waals surface area contributed by atoms with Gasteiger partial charge < -0.3 is 9.47 Å². The number of imide groups is 1. The van der Waals surface area contributed by atoms with Crippen molar-refractivity contribution in [3.8, 4) is 5.75 Å². The van der Waals surface area contributed by atoms with Crippen LogP contribution in [0.3, 0.4) is 0 Å². The van der Waals surface area contributed by atoms with E-state index in [4.69, 9.17) is 4.74 Å². The minimum atomic E-state index is -3.01. The van der Waals surface area contributed by atoms with Crippen molar-refractivity contribution >= 4 is 23.5 Å². The monoisotopic (exact) mass is 408 g/mol. The molecule has 0 heterocycles. The highest BCUT2D eigenvalue weighted by Gasteiger charge is 2.20. The van der Waals surface area contributed by atoms with Crippen LogP contribution in [0.1, 0.15) is 26.3 Å². The Kier molecular flexibility index (Phi) is 6.90. The van der Waals surface area contributed by atoms with E-state index in [0.717, 1.165) is 12.1 Å². The zero-order valence-corrected chi connectivity index (χ0v) is 14.9. The maximum absolute atomic E-state index is 12.1. The molecule has 2 rings (SSSR count). The Labute approximate surface area is 162 Å². The quantitative estimate of drug-likeness (QED) is 0.424. The number of nitro groups is 1. The number of rotatable bonds is 7. The van der Waals surface area contributed by atoms with E-state index in [1.807, 2.05) is 5.32 Å². The third-order valence-corrected chi connectivity index (χ3v) is 3.65. The minimum absolute atomic E-state index is 0.0131. The second-order valence-electron chi connectivity index (χ2n) is 5.56. The van der Waals surface area contributed by atoms with Crippen LogP contribution in [0.15, 0.2) is 42.5 Å². The third-order valence-electron chi connectivity index (χ3n) is 3.65. The van der Waals surface area contributed by atoms with Crippen LogP contribution in [-0.2, 0) is 9.53 Å². The summed E-state index contributed by atoms with van der Waals surface area (Å²) < 4.78 is 33.1. The minimum Gasteiger partial charge on any atom is -0.452 e. The number of esters is 1. The highest BCUT2D eigenvalue weighted by molar-refractivity contribution is 6.05. The van der Waals surface area contributed by atoms with E-state index >= 15 is 0 Å². The number of alkyl halides is 2. The number of amides is 2. The molecule has 2 aromatic carbocycles. The lowest BCUT2D eigenvalue weighted by atomic mass is 10.1. The molecule has 0 aliphatic rings. The molecule has 29 heavy (non-hydrogen) atoms. The molecule has 9 nitrogen and oxygen atoms in total. The van der Waals surface area contributed by atoms with Gasteiger partial charge in [0.05, 0.1) is 10.5 Å². The van der Waals surface area contributed by atoms with Crippen molar-refractivity contribution in [1.82, 2.24) is 5.32 Å². The zero-order chi connectivity index (χ0) is 21.6. The van der Waals surface area contributed by atoms with Crippen molar-refractivity contribution in [3.63, 3.8) is 0 Å². The highest BCUT2D eigenvalue weighted by Crippen LogP contribution is 2.21. The number of halogens is 2. The Bertz CT molecular complexity index is 946. The number of hydrogen-bond donors (Lipinski definition) is 1. The second kappa shape index (κ2) is 9.35. The molecule has 0 aliphatic heterocycles. The first-order chi connectivity index (χ1) is 13.7. The van der Waals surface area contributed by atoms with Gasteiger partial charge in [0.1, 0.15) is 5.75 Å². The molecule has 11 heteroatoms. The van der Waals surface area contributed by atoms with Gasteiger partial charge in [-0.25, -0.2) is 4.79 Å². The Hall–Kier alpha value is -3.89. The van der Waals surface area contributed by atoms with Crippen LogP contribution in [0.4, 0.5) is 14.5 Å². The van der Waals surface area contributed by atoms with Crippen molar-refractivity contribution in [1.29, 1.82) is 0 Å². The smallest absolute Gasteiger partial charge is 0.387 e. The van der Waals surface area contributed by atoms with Crippen LogP contribution in [-0.4, -0.2) is 35.9 Å². The molecule has 0 saturated heterocycles. The molecule has 0 unspecified atom stereocenters. The molecule has 0 spiro atoms. The molecular formula is C18H14F2N2O7. The lowest BCUT2D eigenvalue weighted by Crippen LogP contribution is -2.34. The van der Waals surface area contributed by atoms with Gasteiger partial charge in [-0.3, -0.25) is 25.0 Å². The summed E-state index contributed by atoms with van der Waals surface area (Å²) in [4.78, 5) is 46.0. The fraction of sp³-hybridized carbons (Fsp3) is 0.167. The highest BCUT2D eigenvalue weighted by atomic mass is 19.3. The van der Waals surface area contributed by atoms with Gasteiger partial charge in [0, 0.05) is 17.2 Å². The lowest BCUT2D eigenvalue weighted by Gasteiger charge is -2.08. The van der Waals surface area contributed by atoms with Gasteiger partial charge in [-0.05, 0) is 37.3 Å². The van der Waals surface area contributed by atoms with Crippen molar-refractivity contribution < 1.29 is 37.6 Å². The molecule has 2 amide bonds. The number of ether oxygens (including phenoxy) is 2. The number of hydrogen-bond acceptors (Lipinski definition) is 7. The van der Waals surface area contributed by atoms with Gasteiger partial charge in [0.15, 0.2) is 6.61 Å². The first-order valence-electron chi connectivity index (χ1n) is 7.99. The van der Waals surface area contributed by atoms with Crippen LogP contribution in [0.5, 0.6) is 5.75 Å². The third kappa shape index (κ3) is 5.79. The molecule has 0 aliphatic carbocycles. The maximum Gasteiger partial charge on any atom is 0.387 e. The predicted octanol–water partition coefficient (Wildman–Crippen LogP) is 2.62. The zero-order valence-electron chi connectivity index (χ0n) is 14.9. The second-order valence-corrected chi connectivity index (χ2v) is 5.56. The number of nitrogens with zero attached hydrogens (tertiary/aromatic N) is 1. The fourth-order valence-electron chi connectivity index (χ4n) is 2.27. The molecular weight excluding hydrogens is 394 g/mol. The number of carbonyl (C=O) groups is 3. The summed E-state index contributed by atoms with van der Waals surface area (Å²) in [5.74, 6) is -2.92. The molecule has 1 N–H and O–H groups in total. The lowest BCUT2D eigenvalue weighted by molar-refractivity contribution is -0.385. The van der Waals surface area contributed by atoms with Gasteiger partial charge in [0.25, 0.3) is 17.5 Å². The van der Waals surface area contributed by atoms with Crippen LogP contribution in [0, 0.1) is 17.0 Å². The van der Waals surface area contributed by atoms with Crippen molar-refractivity contribution in [3.05, 3.63) is 69.3 Å². The van der Waals surface area contributed by atoms with Crippen LogP contribution >= 0.6 is 0 Å². The van der Waals surface area contributed by atoms with Crippen LogP contribution < -0.4 is 10.1 Å². The molecule has 0 bridgehead atoms.